The van der Waals surface area contributed by atoms with Crippen LogP contribution in [0.3, 0.4) is 0 Å². The van der Waals surface area contributed by atoms with Crippen LogP contribution in [-0.2, 0) is 90.9 Å². The molecule has 31 nitrogen and oxygen atoms in total. The molecule has 8 unspecified atom stereocenters. The molecule has 7 heterocycles. The Morgan fingerprint density at radius 2 is 1.15 bits per heavy atom. The molecule has 3 aliphatic heterocycles. The fourth-order valence-electron chi connectivity index (χ4n) is 11.9. The van der Waals surface area contributed by atoms with Gasteiger partial charge in [-0.3, -0.25) is 43.1 Å². The summed E-state index contributed by atoms with van der Waals surface area (Å²) < 4.78 is 72.3. The second kappa shape index (κ2) is 33.9. The number of aromatic amines is 2. The molecule has 0 bridgehead atoms. The number of nitrogen functional groups attached to an aromatic ring is 1. The summed E-state index contributed by atoms with van der Waals surface area (Å²) in [7, 11) is 9.87. The second-order valence-electron chi connectivity index (χ2n) is 22.3. The molecular weight excluding hydrogens is 1210 g/mol. The molecule has 4 aromatic rings. The van der Waals surface area contributed by atoms with E-state index in [2.05, 4.69) is 48.9 Å². The fraction of sp³-hybridized carbons (Fsp3) is 0.623. The first kappa shape index (κ1) is 72.0. The fourth-order valence-corrected chi connectivity index (χ4v) is 11.9. The van der Waals surface area contributed by atoms with Crippen molar-refractivity contribution < 1.29 is 86.5 Å². The Labute approximate surface area is 529 Å². The van der Waals surface area contributed by atoms with Crippen LogP contribution in [0.5, 0.6) is 0 Å². The van der Waals surface area contributed by atoms with E-state index in [-0.39, 0.29) is 75.3 Å². The number of amides is 1. The van der Waals surface area contributed by atoms with Gasteiger partial charge >= 0.3 is 23.3 Å². The molecule has 92 heavy (non-hydrogen) atoms. The number of esters is 2. The largest absolute Gasteiger partial charge is 0.457 e. The standard InChI is InChI=1S/C61H83N9O22/c1-32(23-69-27-38(58(78)67-60(69)79)19-20-42(74)65-46-52(86-9)49(83-6)41(30-73)90-59(46)87-10)35(24-70-26-37(57(77)66-61(70)80)16-12-14-18-44(76)92-54-48(82-5)34(3)89-40(29-72)51(54)85-8)21-22-68-25-36(45-55(62)63-31-64-56(45)68)15-11-13-17-43(75)91-53-47(81-4)33(2)88-39(28-71)50(53)84-7/h19-20,25-27,31-35,39-41,46-54,59,71-73H,13-14,17-18,21-24,28-30H2,1-10H3,(H,65,74)(H2,62,63,64)(H,66,77,80)(H,67,78,79)/b20-19+/t32?,33-,34+,35?,39?,40?,41?,46?,47?,48?,49-,50-,51-,52-,53-,54-,59+/m1/s1. The van der Waals surface area contributed by atoms with Crippen LogP contribution in [0.1, 0.15) is 69.6 Å². The second-order valence-corrected chi connectivity index (χ2v) is 22.3. The molecule has 3 saturated heterocycles. The Morgan fingerprint density at radius 3 is 1.68 bits per heavy atom. The van der Waals surface area contributed by atoms with Crippen molar-refractivity contribution in [3.63, 3.8) is 0 Å². The molecule has 0 aliphatic carbocycles. The molecule has 3 fully saturated rings. The first-order chi connectivity index (χ1) is 44.2. The molecule has 0 spiro atoms. The van der Waals surface area contributed by atoms with Crippen LogP contribution < -0.4 is 33.5 Å². The van der Waals surface area contributed by atoms with E-state index in [1.807, 2.05) is 6.92 Å². The van der Waals surface area contributed by atoms with E-state index in [9.17, 15) is 48.9 Å². The van der Waals surface area contributed by atoms with Gasteiger partial charge in [0.05, 0.1) is 61.4 Å². The Bertz CT molecular complexity index is 3560. The molecular formula is C61H83N9O22. The van der Waals surface area contributed by atoms with Crippen LogP contribution in [0, 0.1) is 35.5 Å². The quantitative estimate of drug-likeness (QED) is 0.0200. The topological polar surface area (TPSA) is 401 Å². The molecule has 8 N–H and O–H groups in total. The number of fused-ring (bicyclic) bond motifs is 1. The predicted molar refractivity (Wildman–Crippen MR) is 325 cm³/mol. The third kappa shape index (κ3) is 17.2. The molecule has 1 amide bonds. The van der Waals surface area contributed by atoms with Crippen LogP contribution in [0.15, 0.2) is 50.2 Å². The number of hydrogen-bond donors (Lipinski definition) is 7. The number of aryl methyl sites for hydroxylation is 1. The highest BCUT2D eigenvalue weighted by Gasteiger charge is 2.50. The maximum atomic E-state index is 13.7. The smallest absolute Gasteiger partial charge is 0.328 e. The van der Waals surface area contributed by atoms with Gasteiger partial charge in [0.2, 0.25) is 5.91 Å². The van der Waals surface area contributed by atoms with E-state index in [0.29, 0.717) is 16.6 Å². The number of methoxy groups -OCH3 is 7. The van der Waals surface area contributed by atoms with Crippen LogP contribution in [0.4, 0.5) is 5.82 Å². The van der Waals surface area contributed by atoms with Crippen molar-refractivity contribution in [3.8, 4) is 23.7 Å². The molecule has 7 rings (SSSR count). The number of H-pyrrole nitrogens is 2. The summed E-state index contributed by atoms with van der Waals surface area (Å²) in [5.41, 5.74) is 3.97. The molecule has 4 aromatic heterocycles. The van der Waals surface area contributed by atoms with E-state index in [1.54, 1.807) is 24.6 Å². The van der Waals surface area contributed by atoms with E-state index < -0.39 is 157 Å². The number of hydrogen-bond acceptors (Lipinski definition) is 25. The van der Waals surface area contributed by atoms with Gasteiger partial charge in [0.15, 0.2) is 18.5 Å². The maximum absolute atomic E-state index is 13.7. The lowest BCUT2D eigenvalue weighted by molar-refractivity contribution is -0.270. The minimum absolute atomic E-state index is 0.0543. The summed E-state index contributed by atoms with van der Waals surface area (Å²) in [6.07, 6.45) is -3.07. The number of nitrogens with zero attached hydrogens (tertiary/aromatic N) is 5. The third-order valence-corrected chi connectivity index (χ3v) is 16.6. The molecule has 17 atom stereocenters. The molecule has 504 valence electrons. The van der Waals surface area contributed by atoms with Crippen molar-refractivity contribution in [2.45, 2.75) is 164 Å². The summed E-state index contributed by atoms with van der Waals surface area (Å²) in [4.78, 5) is 107. The number of carbonyl (C=O) groups excluding carboxylic acids is 3. The zero-order valence-electron chi connectivity index (χ0n) is 53.0. The van der Waals surface area contributed by atoms with E-state index in [1.165, 1.54) is 83.7 Å². The Kier molecular flexibility index (Phi) is 26.5. The molecule has 0 saturated carbocycles. The summed E-state index contributed by atoms with van der Waals surface area (Å²) in [6, 6.07) is -0.931. The summed E-state index contributed by atoms with van der Waals surface area (Å²) in [5.74, 6) is 8.83. The van der Waals surface area contributed by atoms with E-state index in [4.69, 9.17) is 62.6 Å². The molecule has 31 heteroatoms. The number of aliphatic hydroxyl groups is 3. The summed E-state index contributed by atoms with van der Waals surface area (Å²) in [6.45, 7) is 4.19. The van der Waals surface area contributed by atoms with Gasteiger partial charge in [0.1, 0.15) is 84.3 Å². The Balaban J connectivity index is 1.13. The number of aromatic nitrogens is 7. The maximum Gasteiger partial charge on any atom is 0.328 e. The van der Waals surface area contributed by atoms with Crippen LogP contribution >= 0.6 is 0 Å². The minimum atomic E-state index is -1.06. The lowest BCUT2D eigenvalue weighted by Gasteiger charge is -2.44. The SMILES string of the molecule is COC1[C@H](C)OC(CO)[C@@H](OC)[C@@H]1OC(=O)CCC#Cc1cn(CC(CCn2cc(C#CCCC(=O)O[C@@H]3C(OC)[C@@H](C)OC(CO)[C@H]3OC)c3c(N)ncnc32)C(C)Cn2cc(/C=C/C(=O)NC3[C@@H](OC)OC(CO)[C@@H](OC)[C@@H]3OC)c(=O)[nH]c2=O)c(=O)[nH]c1=O. The number of carbonyl (C=O) groups is 3. The number of rotatable bonds is 27. The van der Waals surface area contributed by atoms with Crippen molar-refractivity contribution in [2.24, 2.45) is 11.8 Å². The Morgan fingerprint density at radius 1 is 0.652 bits per heavy atom. The molecule has 0 aromatic carbocycles. The van der Waals surface area contributed by atoms with E-state index >= 15 is 0 Å². The number of nitrogens with two attached hydrogens (primary N) is 1. The lowest BCUT2D eigenvalue weighted by Crippen LogP contribution is -2.65. The highest BCUT2D eigenvalue weighted by atomic mass is 16.7. The Hall–Kier alpha value is -7.47. The van der Waals surface area contributed by atoms with Crippen LogP contribution in [0.2, 0.25) is 0 Å². The van der Waals surface area contributed by atoms with Crippen molar-refractivity contribution >= 4 is 40.8 Å². The van der Waals surface area contributed by atoms with Gasteiger partial charge in [-0.1, -0.05) is 30.6 Å². The van der Waals surface area contributed by atoms with Crippen molar-refractivity contribution in [1.82, 2.24) is 39.0 Å². The van der Waals surface area contributed by atoms with Crippen molar-refractivity contribution in [3.05, 3.63) is 89.4 Å². The first-order valence-electron chi connectivity index (χ1n) is 29.8. The summed E-state index contributed by atoms with van der Waals surface area (Å²) in [5, 5.41) is 33.0. The van der Waals surface area contributed by atoms with Gasteiger partial charge in [0, 0.05) is 107 Å². The van der Waals surface area contributed by atoms with Crippen LogP contribution in [-0.4, -0.2) is 228 Å². The number of anilines is 1. The number of nitrogens with one attached hydrogen (secondary N) is 3. The summed E-state index contributed by atoms with van der Waals surface area (Å²) >= 11 is 0. The monoisotopic (exact) mass is 1290 g/mol. The normalized spacial score (nSPS) is 27.1. The van der Waals surface area contributed by atoms with Gasteiger partial charge in [0.25, 0.3) is 11.1 Å². The van der Waals surface area contributed by atoms with Gasteiger partial charge in [-0.15, -0.1) is 0 Å². The zero-order valence-corrected chi connectivity index (χ0v) is 53.0. The lowest BCUT2D eigenvalue weighted by atomic mass is 9.90. The zero-order chi connectivity index (χ0) is 66.9. The number of ether oxygens (including phenoxy) is 12. The van der Waals surface area contributed by atoms with Crippen molar-refractivity contribution in [1.29, 1.82) is 0 Å². The predicted octanol–water partition coefficient (Wildman–Crippen LogP) is -1.65. The van der Waals surface area contributed by atoms with Crippen molar-refractivity contribution in [2.75, 3.05) is 75.3 Å². The highest BCUT2D eigenvalue weighted by molar-refractivity contribution is 5.92. The van der Waals surface area contributed by atoms with Crippen LogP contribution in [0.25, 0.3) is 17.1 Å². The third-order valence-electron chi connectivity index (χ3n) is 16.6. The molecule has 3 aliphatic rings. The highest BCUT2D eigenvalue weighted by Crippen LogP contribution is 2.31. The number of aliphatic hydroxyl groups excluding tert-OH is 3. The molecule has 0 radical (unpaired) electrons. The first-order valence-corrected chi connectivity index (χ1v) is 29.8. The minimum Gasteiger partial charge on any atom is -0.457 e. The average molecular weight is 1290 g/mol. The average Bonchev–Trinajstić information content (AvgIpc) is 1.38. The van der Waals surface area contributed by atoms with E-state index in [0.717, 1.165) is 6.08 Å². The van der Waals surface area contributed by atoms with Gasteiger partial charge in [-0.25, -0.2) is 19.6 Å². The van der Waals surface area contributed by atoms with Gasteiger partial charge in [-0.2, -0.15) is 0 Å². The van der Waals surface area contributed by atoms with Gasteiger partial charge in [-0.05, 0) is 38.2 Å². The van der Waals surface area contributed by atoms with Gasteiger partial charge < -0.3 is 87.8 Å².